The highest BCUT2D eigenvalue weighted by molar-refractivity contribution is 6.35. The molecule has 130 valence electrons. The molecular formula is C19H27N3O2. The zero-order valence-electron chi connectivity index (χ0n) is 14.7. The number of rotatable bonds is 2. The summed E-state index contributed by atoms with van der Waals surface area (Å²) >= 11 is 0. The van der Waals surface area contributed by atoms with Gasteiger partial charge in [0.15, 0.2) is 0 Å². The molecule has 0 unspecified atom stereocenters. The number of nitrogens with one attached hydrogen (secondary N) is 1. The molecule has 0 aromatic heterocycles. The van der Waals surface area contributed by atoms with Gasteiger partial charge in [0, 0.05) is 37.9 Å². The van der Waals surface area contributed by atoms with E-state index in [1.807, 2.05) is 0 Å². The average Bonchev–Trinajstić information content (AvgIpc) is 3.10. The van der Waals surface area contributed by atoms with Gasteiger partial charge in [0.25, 0.3) is 0 Å². The van der Waals surface area contributed by atoms with Crippen molar-refractivity contribution in [2.75, 3.05) is 31.1 Å². The first kappa shape index (κ1) is 16.8. The van der Waals surface area contributed by atoms with Crippen molar-refractivity contribution in [3.8, 4) is 0 Å². The zero-order valence-corrected chi connectivity index (χ0v) is 14.7. The van der Waals surface area contributed by atoms with Gasteiger partial charge in [-0.1, -0.05) is 25.0 Å². The molecule has 1 aromatic carbocycles. The molecule has 1 aliphatic heterocycles. The van der Waals surface area contributed by atoms with Crippen LogP contribution in [0, 0.1) is 13.8 Å². The third-order valence-corrected chi connectivity index (χ3v) is 5.37. The lowest BCUT2D eigenvalue weighted by Gasteiger charge is -2.36. The lowest BCUT2D eigenvalue weighted by atomic mass is 10.1. The molecule has 0 bridgehead atoms. The van der Waals surface area contributed by atoms with Crippen molar-refractivity contribution in [3.63, 3.8) is 0 Å². The summed E-state index contributed by atoms with van der Waals surface area (Å²) in [4.78, 5) is 28.5. The number of piperazine rings is 1. The Morgan fingerprint density at radius 3 is 2.38 bits per heavy atom. The van der Waals surface area contributed by atoms with Crippen LogP contribution in [-0.4, -0.2) is 48.9 Å². The molecule has 0 spiro atoms. The van der Waals surface area contributed by atoms with E-state index in [0.29, 0.717) is 13.1 Å². The van der Waals surface area contributed by atoms with Gasteiger partial charge in [-0.3, -0.25) is 9.59 Å². The van der Waals surface area contributed by atoms with Gasteiger partial charge in [0.05, 0.1) is 0 Å². The van der Waals surface area contributed by atoms with Crippen molar-refractivity contribution in [1.29, 1.82) is 0 Å². The number of carbonyl (C=O) groups is 2. The molecule has 2 fully saturated rings. The maximum Gasteiger partial charge on any atom is 0.312 e. The number of hydrogen-bond donors (Lipinski definition) is 1. The lowest BCUT2D eigenvalue weighted by Crippen LogP contribution is -2.53. The first-order chi connectivity index (χ1) is 11.6. The summed E-state index contributed by atoms with van der Waals surface area (Å²) in [5, 5.41) is 2.89. The lowest BCUT2D eigenvalue weighted by molar-refractivity contribution is -0.146. The molecule has 1 heterocycles. The second-order valence-corrected chi connectivity index (χ2v) is 6.95. The molecule has 24 heavy (non-hydrogen) atoms. The Bertz CT molecular complexity index is 615. The van der Waals surface area contributed by atoms with E-state index in [-0.39, 0.29) is 11.9 Å². The fourth-order valence-electron chi connectivity index (χ4n) is 3.69. The molecular weight excluding hydrogens is 302 g/mol. The maximum absolute atomic E-state index is 12.3. The maximum atomic E-state index is 12.3. The van der Waals surface area contributed by atoms with E-state index in [2.05, 4.69) is 42.3 Å². The van der Waals surface area contributed by atoms with E-state index < -0.39 is 5.91 Å². The van der Waals surface area contributed by atoms with Gasteiger partial charge in [-0.15, -0.1) is 0 Å². The monoisotopic (exact) mass is 329 g/mol. The first-order valence-corrected chi connectivity index (χ1v) is 8.97. The summed E-state index contributed by atoms with van der Waals surface area (Å²) in [6, 6.07) is 6.51. The number of amides is 2. The SMILES string of the molecule is Cc1cccc(N2CCN(C(=O)C(=O)NC3CCCC3)CC2)c1C. The number of carbonyl (C=O) groups excluding carboxylic acids is 2. The highest BCUT2D eigenvalue weighted by Gasteiger charge is 2.28. The van der Waals surface area contributed by atoms with Crippen LogP contribution in [0.15, 0.2) is 18.2 Å². The molecule has 2 amide bonds. The molecule has 1 saturated heterocycles. The molecule has 5 nitrogen and oxygen atoms in total. The number of benzene rings is 1. The van der Waals surface area contributed by atoms with E-state index in [0.717, 1.165) is 38.8 Å². The summed E-state index contributed by atoms with van der Waals surface area (Å²) < 4.78 is 0. The number of hydrogen-bond acceptors (Lipinski definition) is 3. The molecule has 2 aliphatic rings. The van der Waals surface area contributed by atoms with Crippen LogP contribution in [0.2, 0.25) is 0 Å². The van der Waals surface area contributed by atoms with E-state index in [4.69, 9.17) is 0 Å². The molecule has 1 saturated carbocycles. The van der Waals surface area contributed by atoms with E-state index in [1.165, 1.54) is 16.8 Å². The summed E-state index contributed by atoms with van der Waals surface area (Å²) in [6.07, 6.45) is 4.29. The topological polar surface area (TPSA) is 52.7 Å². The predicted octanol–water partition coefficient (Wildman–Crippen LogP) is 2.01. The highest BCUT2D eigenvalue weighted by Crippen LogP contribution is 2.24. The Kier molecular flexibility index (Phi) is 5.07. The van der Waals surface area contributed by atoms with Gasteiger partial charge in [0.2, 0.25) is 0 Å². The number of nitrogens with zero attached hydrogens (tertiary/aromatic N) is 2. The second kappa shape index (κ2) is 7.24. The zero-order chi connectivity index (χ0) is 17.1. The Labute approximate surface area is 144 Å². The van der Waals surface area contributed by atoms with Crippen LogP contribution in [0.25, 0.3) is 0 Å². The Hall–Kier alpha value is -2.04. The van der Waals surface area contributed by atoms with E-state index in [9.17, 15) is 9.59 Å². The fraction of sp³-hybridized carbons (Fsp3) is 0.579. The van der Waals surface area contributed by atoms with Crippen molar-refractivity contribution < 1.29 is 9.59 Å². The first-order valence-electron chi connectivity index (χ1n) is 8.97. The van der Waals surface area contributed by atoms with Gasteiger partial charge in [-0.05, 0) is 43.9 Å². The summed E-state index contributed by atoms with van der Waals surface area (Å²) in [5.41, 5.74) is 3.80. The van der Waals surface area contributed by atoms with Crippen molar-refractivity contribution in [3.05, 3.63) is 29.3 Å². The molecule has 1 N–H and O–H groups in total. The average molecular weight is 329 g/mol. The second-order valence-electron chi connectivity index (χ2n) is 6.95. The van der Waals surface area contributed by atoms with Crippen molar-refractivity contribution in [2.45, 2.75) is 45.6 Å². The Morgan fingerprint density at radius 1 is 1.04 bits per heavy atom. The van der Waals surface area contributed by atoms with Crippen molar-refractivity contribution in [2.24, 2.45) is 0 Å². The molecule has 5 heteroatoms. The van der Waals surface area contributed by atoms with Crippen molar-refractivity contribution >= 4 is 17.5 Å². The fourth-order valence-corrected chi connectivity index (χ4v) is 3.69. The van der Waals surface area contributed by atoms with E-state index >= 15 is 0 Å². The molecule has 0 radical (unpaired) electrons. The third kappa shape index (κ3) is 3.55. The van der Waals surface area contributed by atoms with Gasteiger partial charge < -0.3 is 15.1 Å². The van der Waals surface area contributed by atoms with Gasteiger partial charge >= 0.3 is 11.8 Å². The quantitative estimate of drug-likeness (QED) is 0.845. The summed E-state index contributed by atoms with van der Waals surface area (Å²) in [5.74, 6) is -0.801. The summed E-state index contributed by atoms with van der Waals surface area (Å²) in [7, 11) is 0. The highest BCUT2D eigenvalue weighted by atomic mass is 16.2. The van der Waals surface area contributed by atoms with Crippen LogP contribution >= 0.6 is 0 Å². The van der Waals surface area contributed by atoms with Gasteiger partial charge in [0.1, 0.15) is 0 Å². The molecule has 3 rings (SSSR count). The van der Waals surface area contributed by atoms with Crippen LogP contribution in [0.4, 0.5) is 5.69 Å². The van der Waals surface area contributed by atoms with Gasteiger partial charge in [-0.2, -0.15) is 0 Å². The minimum atomic E-state index is -0.429. The summed E-state index contributed by atoms with van der Waals surface area (Å²) in [6.45, 7) is 7.00. The van der Waals surface area contributed by atoms with E-state index in [1.54, 1.807) is 4.90 Å². The molecule has 0 atom stereocenters. The van der Waals surface area contributed by atoms with Crippen LogP contribution < -0.4 is 10.2 Å². The Balaban J connectivity index is 1.55. The van der Waals surface area contributed by atoms with Crippen LogP contribution in [0.5, 0.6) is 0 Å². The minimum absolute atomic E-state index is 0.192. The number of aryl methyl sites for hydroxylation is 1. The molecule has 1 aliphatic carbocycles. The van der Waals surface area contributed by atoms with Crippen molar-refractivity contribution in [1.82, 2.24) is 10.2 Å². The third-order valence-electron chi connectivity index (χ3n) is 5.37. The van der Waals surface area contributed by atoms with Crippen LogP contribution in [0.3, 0.4) is 0 Å². The molecule has 1 aromatic rings. The predicted molar refractivity (Wildman–Crippen MR) is 95.1 cm³/mol. The van der Waals surface area contributed by atoms with Crippen LogP contribution in [-0.2, 0) is 9.59 Å². The standard InChI is InChI=1S/C19H27N3O2/c1-14-6-5-9-17(15(14)2)21-10-12-22(13-11-21)19(24)18(23)20-16-7-3-4-8-16/h5-6,9,16H,3-4,7-8,10-13H2,1-2H3,(H,20,23). The minimum Gasteiger partial charge on any atom is -0.368 e. The van der Waals surface area contributed by atoms with Crippen LogP contribution in [0.1, 0.15) is 36.8 Å². The van der Waals surface area contributed by atoms with Gasteiger partial charge in [-0.25, -0.2) is 0 Å². The largest absolute Gasteiger partial charge is 0.368 e. The smallest absolute Gasteiger partial charge is 0.312 e. The number of anilines is 1. The normalized spacial score (nSPS) is 18.8. The Morgan fingerprint density at radius 2 is 1.71 bits per heavy atom.